The lowest BCUT2D eigenvalue weighted by atomic mass is 10.1. The molecule has 1 saturated carbocycles. The summed E-state index contributed by atoms with van der Waals surface area (Å²) < 4.78 is 66.5. The van der Waals surface area contributed by atoms with Gasteiger partial charge in [0.25, 0.3) is 0 Å². The van der Waals surface area contributed by atoms with E-state index in [0.717, 1.165) is 12.8 Å². The summed E-state index contributed by atoms with van der Waals surface area (Å²) in [5, 5.41) is 2.49. The largest absolute Gasteiger partial charge is 0.376 e. The first-order chi connectivity index (χ1) is 9.90. The van der Waals surface area contributed by atoms with E-state index in [0.29, 0.717) is 19.0 Å². The Kier molecular flexibility index (Phi) is 3.55. The predicted octanol–water partition coefficient (Wildman–Crippen LogP) is 3.42. The smallest absolute Gasteiger partial charge is 0.200 e. The molecule has 2 atom stereocenters. The highest BCUT2D eigenvalue weighted by Crippen LogP contribution is 2.35. The highest BCUT2D eigenvalue weighted by Gasteiger charge is 2.39. The van der Waals surface area contributed by atoms with E-state index in [1.165, 1.54) is 0 Å². The van der Waals surface area contributed by atoms with Crippen LogP contribution in [-0.2, 0) is 0 Å². The number of hydrogen-bond donors (Lipinski definition) is 1. The van der Waals surface area contributed by atoms with Crippen LogP contribution in [-0.4, -0.2) is 29.6 Å². The van der Waals surface area contributed by atoms with Gasteiger partial charge in [0, 0.05) is 24.7 Å². The number of anilines is 1. The Hall–Kier alpha value is -1.37. The van der Waals surface area contributed by atoms with Crippen molar-refractivity contribution in [3.8, 4) is 0 Å². The van der Waals surface area contributed by atoms with E-state index >= 15 is 0 Å². The number of nitrogens with one attached hydrogen (secondary N) is 1. The quantitative estimate of drug-likeness (QED) is 0.523. The molecule has 1 aliphatic heterocycles. The van der Waals surface area contributed by atoms with E-state index in [-0.39, 0.29) is 12.1 Å². The summed E-state index contributed by atoms with van der Waals surface area (Å²) in [7, 11) is 0. The van der Waals surface area contributed by atoms with Gasteiger partial charge < -0.3 is 5.32 Å². The van der Waals surface area contributed by atoms with Crippen LogP contribution in [0.2, 0.25) is 0 Å². The van der Waals surface area contributed by atoms with Gasteiger partial charge in [0.15, 0.2) is 23.3 Å². The molecule has 2 unspecified atom stereocenters. The number of likely N-dealkylation sites (tertiary alicyclic amines) is 1. The first kappa shape index (κ1) is 14.6. The number of hydrogen-bond acceptors (Lipinski definition) is 2. The molecule has 1 N–H and O–H groups in total. The highest BCUT2D eigenvalue weighted by atomic mass is 19.2. The Morgan fingerprint density at radius 3 is 1.95 bits per heavy atom. The average molecular weight is 306 g/mol. The van der Waals surface area contributed by atoms with Crippen molar-refractivity contribution in [1.29, 1.82) is 0 Å². The SMILES string of the molecule is CC1CC(Nc2c(F)c(F)c(F)c(F)c2F)CN1C1CC1. The van der Waals surface area contributed by atoms with Crippen molar-refractivity contribution < 1.29 is 22.0 Å². The third-order valence-electron chi connectivity index (χ3n) is 4.20. The minimum Gasteiger partial charge on any atom is -0.376 e. The fourth-order valence-electron chi connectivity index (χ4n) is 3.01. The molecule has 7 heteroatoms. The van der Waals surface area contributed by atoms with Gasteiger partial charge >= 0.3 is 0 Å². The molecular weight excluding hydrogens is 291 g/mol. The van der Waals surface area contributed by atoms with Crippen LogP contribution in [0.25, 0.3) is 0 Å². The molecule has 0 spiro atoms. The van der Waals surface area contributed by atoms with Gasteiger partial charge in [-0.05, 0) is 26.2 Å². The van der Waals surface area contributed by atoms with Crippen molar-refractivity contribution in [3.63, 3.8) is 0 Å². The van der Waals surface area contributed by atoms with Crippen molar-refractivity contribution in [1.82, 2.24) is 4.90 Å². The summed E-state index contributed by atoms with van der Waals surface area (Å²) >= 11 is 0. The molecule has 0 radical (unpaired) electrons. The van der Waals surface area contributed by atoms with Gasteiger partial charge in [-0.1, -0.05) is 0 Å². The van der Waals surface area contributed by atoms with Gasteiger partial charge in [0.05, 0.1) is 0 Å². The molecule has 2 fully saturated rings. The molecule has 1 heterocycles. The second-order valence-electron chi connectivity index (χ2n) is 5.80. The summed E-state index contributed by atoms with van der Waals surface area (Å²) in [6.07, 6.45) is 2.80. The Labute approximate surface area is 118 Å². The van der Waals surface area contributed by atoms with Gasteiger partial charge in [0.2, 0.25) is 5.82 Å². The summed E-state index contributed by atoms with van der Waals surface area (Å²) in [4.78, 5) is 2.21. The van der Waals surface area contributed by atoms with E-state index in [2.05, 4.69) is 10.2 Å². The molecule has 0 bridgehead atoms. The maximum atomic E-state index is 13.6. The predicted molar refractivity (Wildman–Crippen MR) is 67.4 cm³/mol. The number of rotatable bonds is 3. The fourth-order valence-corrected chi connectivity index (χ4v) is 3.01. The summed E-state index contributed by atoms with van der Waals surface area (Å²) in [6, 6.07) is 0.397. The van der Waals surface area contributed by atoms with Gasteiger partial charge in [-0.15, -0.1) is 0 Å². The van der Waals surface area contributed by atoms with Crippen molar-refractivity contribution in [2.45, 2.75) is 44.3 Å². The molecule has 116 valence electrons. The lowest BCUT2D eigenvalue weighted by Crippen LogP contribution is -2.31. The number of benzene rings is 1. The highest BCUT2D eigenvalue weighted by molar-refractivity contribution is 5.48. The van der Waals surface area contributed by atoms with Crippen molar-refractivity contribution in [2.75, 3.05) is 11.9 Å². The molecule has 0 amide bonds. The normalized spacial score (nSPS) is 26.4. The standard InChI is InChI=1S/C14H15F5N2/c1-6-4-7(5-21(6)8-2-3-8)20-14-12(18)10(16)9(15)11(17)13(14)19/h6-8,20H,2-5H2,1H3. The Morgan fingerprint density at radius 1 is 0.905 bits per heavy atom. The van der Waals surface area contributed by atoms with Crippen LogP contribution in [0, 0.1) is 29.1 Å². The second-order valence-corrected chi connectivity index (χ2v) is 5.80. The lowest BCUT2D eigenvalue weighted by molar-refractivity contribution is 0.257. The fraction of sp³-hybridized carbons (Fsp3) is 0.571. The van der Waals surface area contributed by atoms with E-state index in [4.69, 9.17) is 0 Å². The first-order valence-electron chi connectivity index (χ1n) is 6.93. The van der Waals surface area contributed by atoms with Crippen molar-refractivity contribution >= 4 is 5.69 Å². The average Bonchev–Trinajstić information content (AvgIpc) is 3.23. The van der Waals surface area contributed by atoms with E-state index in [1.807, 2.05) is 6.92 Å². The van der Waals surface area contributed by atoms with Crippen LogP contribution in [0.1, 0.15) is 26.2 Å². The molecule has 2 nitrogen and oxygen atoms in total. The molecule has 1 aromatic rings. The van der Waals surface area contributed by atoms with Crippen LogP contribution in [0.4, 0.5) is 27.6 Å². The van der Waals surface area contributed by atoms with E-state index in [1.54, 1.807) is 0 Å². The molecule has 0 aromatic heterocycles. The van der Waals surface area contributed by atoms with Gasteiger partial charge in [-0.3, -0.25) is 4.90 Å². The third-order valence-corrected chi connectivity index (χ3v) is 4.20. The van der Waals surface area contributed by atoms with Crippen LogP contribution < -0.4 is 5.32 Å². The van der Waals surface area contributed by atoms with Crippen molar-refractivity contribution in [3.05, 3.63) is 29.1 Å². The summed E-state index contributed by atoms with van der Waals surface area (Å²) in [5.41, 5.74) is -0.929. The summed E-state index contributed by atoms with van der Waals surface area (Å²) in [6.45, 7) is 2.55. The zero-order valence-corrected chi connectivity index (χ0v) is 11.4. The first-order valence-corrected chi connectivity index (χ1v) is 6.93. The Balaban J connectivity index is 1.82. The molecule has 21 heavy (non-hydrogen) atoms. The molecule has 1 saturated heterocycles. The Morgan fingerprint density at radius 2 is 1.43 bits per heavy atom. The Bertz CT molecular complexity index is 544. The van der Waals surface area contributed by atoms with Crippen molar-refractivity contribution in [2.24, 2.45) is 0 Å². The second kappa shape index (κ2) is 5.12. The van der Waals surface area contributed by atoms with Crippen LogP contribution in [0.5, 0.6) is 0 Å². The van der Waals surface area contributed by atoms with Gasteiger partial charge in [-0.25, -0.2) is 22.0 Å². The molecule has 2 aliphatic rings. The molecular formula is C14H15F5N2. The number of nitrogens with zero attached hydrogens (tertiary/aromatic N) is 1. The minimum absolute atomic E-state index is 0.233. The van der Waals surface area contributed by atoms with Gasteiger partial charge in [0.1, 0.15) is 5.69 Å². The molecule has 1 aromatic carbocycles. The maximum Gasteiger partial charge on any atom is 0.200 e. The zero-order valence-electron chi connectivity index (χ0n) is 11.4. The zero-order chi connectivity index (χ0) is 15.3. The molecule has 3 rings (SSSR count). The van der Waals surface area contributed by atoms with Crippen LogP contribution in [0.15, 0.2) is 0 Å². The third kappa shape index (κ3) is 2.47. The topological polar surface area (TPSA) is 15.3 Å². The number of halogens is 5. The van der Waals surface area contributed by atoms with Crippen LogP contribution >= 0.6 is 0 Å². The lowest BCUT2D eigenvalue weighted by Gasteiger charge is -2.20. The maximum absolute atomic E-state index is 13.6. The molecule has 1 aliphatic carbocycles. The van der Waals surface area contributed by atoms with E-state index < -0.39 is 34.8 Å². The monoisotopic (exact) mass is 306 g/mol. The minimum atomic E-state index is -2.13. The van der Waals surface area contributed by atoms with Crippen LogP contribution in [0.3, 0.4) is 0 Å². The summed E-state index contributed by atoms with van der Waals surface area (Å²) in [5.74, 6) is -9.56. The van der Waals surface area contributed by atoms with E-state index in [9.17, 15) is 22.0 Å². The van der Waals surface area contributed by atoms with Gasteiger partial charge in [-0.2, -0.15) is 0 Å².